The highest BCUT2D eigenvalue weighted by Gasteiger charge is 2.13. The molecule has 0 atom stereocenters. The Morgan fingerprint density at radius 3 is 1.91 bits per heavy atom. The molecule has 0 spiro atoms. The van der Waals surface area contributed by atoms with Crippen LogP contribution in [0.3, 0.4) is 0 Å². The Hall–Kier alpha value is -5.67. The molecule has 2 N–H and O–H groups in total. The quantitative estimate of drug-likeness (QED) is 0.136. The number of anilines is 1. The maximum atomic E-state index is 12.3. The van der Waals surface area contributed by atoms with Gasteiger partial charge in [0.05, 0.1) is 11.4 Å². The van der Waals surface area contributed by atoms with Gasteiger partial charge in [0.1, 0.15) is 11.5 Å². The van der Waals surface area contributed by atoms with Gasteiger partial charge in [-0.2, -0.15) is 9.67 Å². The van der Waals surface area contributed by atoms with Crippen molar-refractivity contribution in [1.82, 2.24) is 20.0 Å². The van der Waals surface area contributed by atoms with Crippen LogP contribution in [0.2, 0.25) is 10.0 Å². The summed E-state index contributed by atoms with van der Waals surface area (Å²) in [4.78, 5) is 25.4. The summed E-state index contributed by atoms with van der Waals surface area (Å²) in [6, 6.07) is 35.5. The number of ether oxygens (including phenoxy) is 2. The second-order valence-electron chi connectivity index (χ2n) is 9.38. The highest BCUT2D eigenvalue weighted by atomic mass is 35.5. The average molecular weight is 656 g/mol. The van der Waals surface area contributed by atoms with E-state index in [1.54, 1.807) is 73.7 Å². The number of aryl methyl sites for hydroxylation is 2. The van der Waals surface area contributed by atoms with Crippen LogP contribution in [-0.2, 0) is 4.79 Å². The zero-order chi connectivity index (χ0) is 32.7. The van der Waals surface area contributed by atoms with Crippen LogP contribution in [-0.4, -0.2) is 32.1 Å². The number of benzene rings is 4. The summed E-state index contributed by atoms with van der Waals surface area (Å²) in [7, 11) is 0. The Bertz CT molecular complexity index is 1910. The topological polar surface area (TPSA) is 123 Å². The van der Waals surface area contributed by atoms with Gasteiger partial charge in [0, 0.05) is 33.6 Å². The Morgan fingerprint density at radius 2 is 1.37 bits per heavy atom. The molecule has 2 aromatic heterocycles. The van der Waals surface area contributed by atoms with Crippen LogP contribution in [0.15, 0.2) is 126 Å². The Balaban J connectivity index is 0.000000176. The maximum absolute atomic E-state index is 12.3. The monoisotopic (exact) mass is 654 g/mol. The smallest absolute Gasteiger partial charge is 0.346 e. The lowest BCUT2D eigenvalue weighted by Gasteiger charge is -2.05. The fraction of sp³-hybridized carbons (Fsp3) is 0.0588. The van der Waals surface area contributed by atoms with Crippen LogP contribution in [0.1, 0.15) is 11.4 Å². The number of aromatic nitrogens is 4. The number of rotatable bonds is 6. The van der Waals surface area contributed by atoms with Crippen molar-refractivity contribution < 1.29 is 19.1 Å². The number of carbonyl (C=O) groups excluding carboxylic acids is 2. The molecule has 10 nitrogen and oxygen atoms in total. The molecule has 0 saturated carbocycles. The van der Waals surface area contributed by atoms with Gasteiger partial charge in [0.25, 0.3) is 0 Å². The van der Waals surface area contributed by atoms with E-state index in [9.17, 15) is 9.59 Å². The van der Waals surface area contributed by atoms with E-state index < -0.39 is 0 Å². The first-order valence-corrected chi connectivity index (χ1v) is 14.5. The number of hydrogen-bond donors (Lipinski definition) is 2. The molecule has 12 heteroatoms. The number of aromatic amines is 1. The van der Waals surface area contributed by atoms with Crippen molar-refractivity contribution in [3.05, 3.63) is 143 Å². The molecule has 232 valence electrons. The molecule has 4 aromatic carbocycles. The van der Waals surface area contributed by atoms with Crippen LogP contribution in [0.5, 0.6) is 23.3 Å². The molecule has 6 rings (SSSR count). The summed E-state index contributed by atoms with van der Waals surface area (Å²) in [6.07, 6.45) is 1.46. The summed E-state index contributed by atoms with van der Waals surface area (Å²) < 4.78 is 12.3. The van der Waals surface area contributed by atoms with Gasteiger partial charge in [-0.3, -0.25) is 5.10 Å². The van der Waals surface area contributed by atoms with Crippen LogP contribution < -0.4 is 14.8 Å². The van der Waals surface area contributed by atoms with Gasteiger partial charge in [-0.25, -0.2) is 9.59 Å². The van der Waals surface area contributed by atoms with Crippen molar-refractivity contribution in [1.29, 1.82) is 0 Å². The molecule has 0 aliphatic rings. The second kappa shape index (κ2) is 17.0. The molecule has 0 fully saturated rings. The zero-order valence-electron chi connectivity index (χ0n) is 24.7. The Labute approximate surface area is 275 Å². The lowest BCUT2D eigenvalue weighted by molar-refractivity contribution is 0.250. The first kappa shape index (κ1) is 33.2. The second-order valence-corrected chi connectivity index (χ2v) is 10.3. The number of isocyanates is 1. The lowest BCUT2D eigenvalue weighted by atomic mass is 10.3. The van der Waals surface area contributed by atoms with E-state index in [-0.39, 0.29) is 6.03 Å². The number of nitrogens with zero attached hydrogens (tertiary/aromatic N) is 4. The van der Waals surface area contributed by atoms with E-state index in [1.807, 2.05) is 61.5 Å². The number of nitrogens with one attached hydrogen (secondary N) is 2. The van der Waals surface area contributed by atoms with Crippen molar-refractivity contribution in [2.45, 2.75) is 13.8 Å². The summed E-state index contributed by atoms with van der Waals surface area (Å²) >= 11 is 11.7. The Morgan fingerprint density at radius 1 is 0.783 bits per heavy atom. The van der Waals surface area contributed by atoms with Gasteiger partial charge in [0.15, 0.2) is 0 Å². The minimum absolute atomic E-state index is 0.327. The number of H-pyrrole nitrogens is 1. The minimum Gasteiger partial charge on any atom is -0.437 e. The molecule has 0 saturated heterocycles. The third-order valence-electron chi connectivity index (χ3n) is 5.73. The predicted molar refractivity (Wildman–Crippen MR) is 178 cm³/mol. The molecule has 0 aliphatic heterocycles. The summed E-state index contributed by atoms with van der Waals surface area (Å²) in [6.45, 7) is 3.69. The van der Waals surface area contributed by atoms with E-state index >= 15 is 0 Å². The SMILES string of the molecule is Cc1cc(Oc2cccc(Cl)c2)n[nH]1.Cc1cc(Oc2cccc(Cl)c2)nn1C(=O)Nc1ccccc1.O=C=Nc1ccccc1. The van der Waals surface area contributed by atoms with Crippen molar-refractivity contribution in [3.8, 4) is 23.3 Å². The molecule has 0 aliphatic carbocycles. The lowest BCUT2D eigenvalue weighted by Crippen LogP contribution is -2.21. The van der Waals surface area contributed by atoms with E-state index in [1.165, 1.54) is 10.8 Å². The van der Waals surface area contributed by atoms with Crippen LogP contribution >= 0.6 is 23.2 Å². The molecule has 0 bridgehead atoms. The zero-order valence-corrected chi connectivity index (χ0v) is 26.2. The molecule has 0 radical (unpaired) electrons. The minimum atomic E-state index is -0.352. The average Bonchev–Trinajstić information content (AvgIpc) is 3.63. The molecule has 1 amide bonds. The van der Waals surface area contributed by atoms with E-state index in [4.69, 9.17) is 32.7 Å². The molecule has 0 unspecified atom stereocenters. The summed E-state index contributed by atoms with van der Waals surface area (Å²) in [5, 5.41) is 14.9. The standard InChI is InChI=1S/C17H14ClN3O2.C10H9ClN2O.C7H5NO/c1-12-10-16(23-15-9-5-6-13(18)11-15)20-21(12)17(22)19-14-7-3-2-4-8-14;1-7-5-10(13-12-7)14-9-4-2-3-8(11)6-9;9-6-8-7-4-2-1-3-5-7/h2-11H,1H3,(H,19,22);2-6H,1H3,(H,12,13);1-5H. The third kappa shape index (κ3) is 10.8. The fourth-order valence-corrected chi connectivity index (χ4v) is 4.06. The highest BCUT2D eigenvalue weighted by Crippen LogP contribution is 2.24. The Kier molecular flexibility index (Phi) is 12.3. The van der Waals surface area contributed by atoms with Crippen molar-refractivity contribution in [2.24, 2.45) is 4.99 Å². The van der Waals surface area contributed by atoms with Gasteiger partial charge in [-0.1, -0.05) is 71.7 Å². The summed E-state index contributed by atoms with van der Waals surface area (Å²) in [5.74, 6) is 2.12. The van der Waals surface area contributed by atoms with Crippen LogP contribution in [0.4, 0.5) is 16.2 Å². The fourth-order valence-electron chi connectivity index (χ4n) is 3.70. The number of hydrogen-bond acceptors (Lipinski definition) is 7. The third-order valence-corrected chi connectivity index (χ3v) is 6.20. The van der Waals surface area contributed by atoms with Gasteiger partial charge in [-0.05, 0) is 74.5 Å². The largest absolute Gasteiger partial charge is 0.437 e. The highest BCUT2D eigenvalue weighted by molar-refractivity contribution is 6.31. The van der Waals surface area contributed by atoms with E-state index in [2.05, 4.69) is 25.6 Å². The van der Waals surface area contributed by atoms with Gasteiger partial charge in [-0.15, -0.1) is 10.2 Å². The maximum Gasteiger partial charge on any atom is 0.346 e. The molecule has 2 heterocycles. The van der Waals surface area contributed by atoms with Crippen LogP contribution in [0, 0.1) is 13.8 Å². The van der Waals surface area contributed by atoms with Crippen molar-refractivity contribution in [3.63, 3.8) is 0 Å². The van der Waals surface area contributed by atoms with Gasteiger partial charge in [0.2, 0.25) is 17.8 Å². The number of para-hydroxylation sites is 2. The number of halogens is 2. The van der Waals surface area contributed by atoms with E-state index in [0.717, 1.165) is 5.69 Å². The van der Waals surface area contributed by atoms with Gasteiger partial charge >= 0.3 is 6.03 Å². The van der Waals surface area contributed by atoms with Crippen LogP contribution in [0.25, 0.3) is 0 Å². The molecule has 6 aromatic rings. The van der Waals surface area contributed by atoms with Crippen molar-refractivity contribution >= 4 is 46.7 Å². The first-order valence-electron chi connectivity index (χ1n) is 13.7. The normalized spacial score (nSPS) is 9.83. The first-order chi connectivity index (χ1) is 22.3. The molecule has 46 heavy (non-hydrogen) atoms. The van der Waals surface area contributed by atoms with Crippen molar-refractivity contribution in [2.75, 3.05) is 5.32 Å². The number of aliphatic imine (C=N–C) groups is 1. The van der Waals surface area contributed by atoms with Gasteiger partial charge < -0.3 is 14.8 Å². The summed E-state index contributed by atoms with van der Waals surface area (Å²) in [5.41, 5.74) is 2.97. The number of amides is 1. The van der Waals surface area contributed by atoms with E-state index in [0.29, 0.717) is 50.4 Å². The molecular weight excluding hydrogens is 627 g/mol. The predicted octanol–water partition coefficient (Wildman–Crippen LogP) is 9.54. The molecular formula is C34H28Cl2N6O4. The number of carbonyl (C=O) groups is 1.